The molecule has 2 nitrogen and oxygen atoms in total. The molecule has 0 aromatic rings. The Hall–Kier alpha value is -0.530. The van der Waals surface area contributed by atoms with Crippen molar-refractivity contribution in [3.8, 4) is 0 Å². The van der Waals surface area contributed by atoms with Gasteiger partial charge in [-0.15, -0.1) is 0 Å². The van der Waals surface area contributed by atoms with Gasteiger partial charge in [0.1, 0.15) is 0 Å². The molecule has 0 radical (unpaired) electrons. The molecular weight excluding hydrogens is 164 g/mol. The van der Waals surface area contributed by atoms with Gasteiger partial charge in [0.2, 0.25) is 0 Å². The first-order valence-corrected chi connectivity index (χ1v) is 5.07. The second-order valence-corrected chi connectivity index (χ2v) is 4.76. The first-order valence-electron chi connectivity index (χ1n) is 5.07. The van der Waals surface area contributed by atoms with Gasteiger partial charge < -0.3 is 5.11 Å². The summed E-state index contributed by atoms with van der Waals surface area (Å²) in [6.45, 7) is 10.1. The zero-order valence-electron chi connectivity index (χ0n) is 9.42. The van der Waals surface area contributed by atoms with Crippen LogP contribution in [0.5, 0.6) is 0 Å². The fourth-order valence-electron chi connectivity index (χ4n) is 2.04. The Bertz CT molecular complexity index is 163. The standard InChI is InChI=1S/C11H22O2/c1-6-8(7-2)9(10(12)13)11(3,4)5/h8-9H,6-7H2,1-5H3,(H,12,13). The van der Waals surface area contributed by atoms with Gasteiger partial charge in [-0.2, -0.15) is 0 Å². The van der Waals surface area contributed by atoms with E-state index in [1.807, 2.05) is 20.8 Å². The van der Waals surface area contributed by atoms with Crippen molar-refractivity contribution in [2.24, 2.45) is 17.3 Å². The van der Waals surface area contributed by atoms with E-state index in [1.165, 1.54) is 0 Å². The molecular formula is C11H22O2. The summed E-state index contributed by atoms with van der Waals surface area (Å²) in [4.78, 5) is 11.1. The number of carboxylic acids is 1. The summed E-state index contributed by atoms with van der Waals surface area (Å²) in [5, 5.41) is 9.14. The van der Waals surface area contributed by atoms with E-state index in [0.717, 1.165) is 12.8 Å². The van der Waals surface area contributed by atoms with Gasteiger partial charge >= 0.3 is 5.97 Å². The van der Waals surface area contributed by atoms with E-state index in [2.05, 4.69) is 13.8 Å². The maximum atomic E-state index is 11.1. The van der Waals surface area contributed by atoms with Crippen molar-refractivity contribution in [3.63, 3.8) is 0 Å². The van der Waals surface area contributed by atoms with E-state index in [9.17, 15) is 4.79 Å². The third-order valence-corrected chi connectivity index (χ3v) is 2.72. The smallest absolute Gasteiger partial charge is 0.307 e. The van der Waals surface area contributed by atoms with Crippen LogP contribution in [-0.4, -0.2) is 11.1 Å². The zero-order valence-corrected chi connectivity index (χ0v) is 9.42. The van der Waals surface area contributed by atoms with Crippen molar-refractivity contribution in [2.45, 2.75) is 47.5 Å². The highest BCUT2D eigenvalue weighted by atomic mass is 16.4. The van der Waals surface area contributed by atoms with Gasteiger partial charge in [-0.05, 0) is 11.3 Å². The van der Waals surface area contributed by atoms with Crippen LogP contribution in [0.25, 0.3) is 0 Å². The van der Waals surface area contributed by atoms with Crippen molar-refractivity contribution in [1.82, 2.24) is 0 Å². The lowest BCUT2D eigenvalue weighted by Crippen LogP contribution is -2.34. The summed E-state index contributed by atoms with van der Waals surface area (Å²) in [6, 6.07) is 0. The van der Waals surface area contributed by atoms with Gasteiger partial charge in [-0.1, -0.05) is 47.5 Å². The Morgan fingerprint density at radius 3 is 1.69 bits per heavy atom. The van der Waals surface area contributed by atoms with Crippen LogP contribution < -0.4 is 0 Å². The normalized spacial score (nSPS) is 14.6. The predicted octanol–water partition coefficient (Wildman–Crippen LogP) is 3.17. The third kappa shape index (κ3) is 3.37. The summed E-state index contributed by atoms with van der Waals surface area (Å²) in [5.74, 6) is -0.568. The average molecular weight is 186 g/mol. The number of aliphatic carboxylic acids is 1. The van der Waals surface area contributed by atoms with E-state index in [-0.39, 0.29) is 11.3 Å². The molecule has 1 atom stereocenters. The van der Waals surface area contributed by atoms with Gasteiger partial charge in [0.05, 0.1) is 5.92 Å². The molecule has 0 aliphatic carbocycles. The topological polar surface area (TPSA) is 37.3 Å². The van der Waals surface area contributed by atoms with Crippen molar-refractivity contribution in [3.05, 3.63) is 0 Å². The molecule has 0 aromatic carbocycles. The molecule has 0 rings (SSSR count). The third-order valence-electron chi connectivity index (χ3n) is 2.72. The van der Waals surface area contributed by atoms with Crippen LogP contribution >= 0.6 is 0 Å². The molecule has 0 heterocycles. The van der Waals surface area contributed by atoms with Crippen LogP contribution in [0.1, 0.15) is 47.5 Å². The Kier molecular flexibility index (Phi) is 4.45. The minimum absolute atomic E-state index is 0.136. The molecule has 0 amide bonds. The van der Waals surface area contributed by atoms with Crippen LogP contribution in [-0.2, 0) is 4.79 Å². The van der Waals surface area contributed by atoms with Gasteiger partial charge in [-0.3, -0.25) is 4.79 Å². The summed E-state index contributed by atoms with van der Waals surface area (Å²) < 4.78 is 0. The van der Waals surface area contributed by atoms with Crippen LogP contribution in [0.4, 0.5) is 0 Å². The summed E-state index contributed by atoms with van der Waals surface area (Å²) >= 11 is 0. The van der Waals surface area contributed by atoms with E-state index >= 15 is 0 Å². The van der Waals surface area contributed by atoms with Crippen molar-refractivity contribution in [2.75, 3.05) is 0 Å². The molecule has 0 aromatic heterocycles. The molecule has 0 aliphatic heterocycles. The fourth-order valence-corrected chi connectivity index (χ4v) is 2.04. The quantitative estimate of drug-likeness (QED) is 0.732. The Labute approximate surface area is 81.3 Å². The number of hydrogen-bond donors (Lipinski definition) is 1. The Morgan fingerprint density at radius 2 is 1.62 bits per heavy atom. The highest BCUT2D eigenvalue weighted by molar-refractivity contribution is 5.71. The van der Waals surface area contributed by atoms with Crippen molar-refractivity contribution in [1.29, 1.82) is 0 Å². The SMILES string of the molecule is CCC(CC)C(C(=O)O)C(C)(C)C. The second-order valence-electron chi connectivity index (χ2n) is 4.76. The minimum atomic E-state index is -0.652. The summed E-state index contributed by atoms with van der Waals surface area (Å²) in [5.41, 5.74) is -0.136. The van der Waals surface area contributed by atoms with Crippen LogP contribution in [0.15, 0.2) is 0 Å². The molecule has 0 spiro atoms. The molecule has 1 unspecified atom stereocenters. The number of hydrogen-bond acceptors (Lipinski definition) is 1. The van der Waals surface area contributed by atoms with E-state index in [4.69, 9.17) is 5.11 Å². The lowest BCUT2D eigenvalue weighted by Gasteiger charge is -2.33. The highest BCUT2D eigenvalue weighted by Crippen LogP contribution is 2.35. The Morgan fingerprint density at radius 1 is 1.23 bits per heavy atom. The molecule has 0 fully saturated rings. The molecule has 1 N–H and O–H groups in total. The summed E-state index contributed by atoms with van der Waals surface area (Å²) in [6.07, 6.45) is 1.90. The van der Waals surface area contributed by atoms with Gasteiger partial charge in [0.15, 0.2) is 0 Å². The van der Waals surface area contributed by atoms with Crippen molar-refractivity contribution < 1.29 is 9.90 Å². The van der Waals surface area contributed by atoms with Crippen molar-refractivity contribution >= 4 is 5.97 Å². The van der Waals surface area contributed by atoms with Crippen LogP contribution in [0.3, 0.4) is 0 Å². The largest absolute Gasteiger partial charge is 0.481 e. The fraction of sp³-hybridized carbons (Fsp3) is 0.909. The Balaban J connectivity index is 4.69. The van der Waals surface area contributed by atoms with E-state index < -0.39 is 5.97 Å². The summed E-state index contributed by atoms with van der Waals surface area (Å²) in [7, 11) is 0. The molecule has 0 aliphatic rings. The average Bonchev–Trinajstić information content (AvgIpc) is 1.96. The molecule has 2 heteroatoms. The predicted molar refractivity (Wildman–Crippen MR) is 54.7 cm³/mol. The number of carbonyl (C=O) groups is 1. The first kappa shape index (κ1) is 12.5. The number of rotatable bonds is 4. The molecule has 78 valence electrons. The highest BCUT2D eigenvalue weighted by Gasteiger charge is 2.36. The molecule has 0 bridgehead atoms. The van der Waals surface area contributed by atoms with Gasteiger partial charge in [0.25, 0.3) is 0 Å². The molecule has 0 saturated carbocycles. The van der Waals surface area contributed by atoms with Gasteiger partial charge in [0, 0.05) is 0 Å². The maximum absolute atomic E-state index is 11.1. The van der Waals surface area contributed by atoms with Crippen LogP contribution in [0, 0.1) is 17.3 Å². The zero-order chi connectivity index (χ0) is 10.6. The number of carboxylic acid groups (broad SMARTS) is 1. The molecule has 13 heavy (non-hydrogen) atoms. The first-order chi connectivity index (χ1) is 5.84. The van der Waals surface area contributed by atoms with Crippen LogP contribution in [0.2, 0.25) is 0 Å². The monoisotopic (exact) mass is 186 g/mol. The minimum Gasteiger partial charge on any atom is -0.481 e. The van der Waals surface area contributed by atoms with E-state index in [0.29, 0.717) is 5.92 Å². The maximum Gasteiger partial charge on any atom is 0.307 e. The second kappa shape index (κ2) is 4.64. The lowest BCUT2D eigenvalue weighted by atomic mass is 9.71. The molecule has 0 saturated heterocycles. The lowest BCUT2D eigenvalue weighted by molar-refractivity contribution is -0.148. The van der Waals surface area contributed by atoms with E-state index in [1.54, 1.807) is 0 Å². The van der Waals surface area contributed by atoms with Gasteiger partial charge in [-0.25, -0.2) is 0 Å².